The number of aromatic nitrogens is 1. The number of fused-ring (bicyclic) bond motifs is 3. The number of hydrogen-bond donors (Lipinski definition) is 1. The molecule has 2 aromatic heterocycles. The molecule has 3 unspecified atom stereocenters. The predicted molar refractivity (Wildman–Crippen MR) is 77.9 cm³/mol. The van der Waals surface area contributed by atoms with Gasteiger partial charge in [-0.3, -0.25) is 4.79 Å². The number of rotatable bonds is 2. The molecular formula is C16H19N3O. The van der Waals surface area contributed by atoms with E-state index in [9.17, 15) is 4.79 Å². The van der Waals surface area contributed by atoms with Gasteiger partial charge < -0.3 is 14.6 Å². The highest BCUT2D eigenvalue weighted by Gasteiger charge is 2.38. The molecule has 4 heterocycles. The SMILES string of the molecule is Cc1cc2ccc(C(=O)NC3CN4CCC3C4)cn2c1. The van der Waals surface area contributed by atoms with E-state index >= 15 is 0 Å². The van der Waals surface area contributed by atoms with Crippen molar-refractivity contribution in [2.75, 3.05) is 19.6 Å². The topological polar surface area (TPSA) is 36.8 Å². The molecule has 4 nitrogen and oxygen atoms in total. The van der Waals surface area contributed by atoms with Crippen LogP contribution in [0.1, 0.15) is 22.3 Å². The van der Waals surface area contributed by atoms with Gasteiger partial charge in [-0.05, 0) is 49.6 Å². The number of nitrogens with zero attached hydrogens (tertiary/aromatic N) is 2. The molecule has 4 rings (SSSR count). The van der Waals surface area contributed by atoms with Crippen molar-refractivity contribution in [3.63, 3.8) is 0 Å². The molecule has 4 heteroatoms. The quantitative estimate of drug-likeness (QED) is 0.900. The molecule has 0 aromatic carbocycles. The van der Waals surface area contributed by atoms with Crippen molar-refractivity contribution < 1.29 is 4.79 Å². The summed E-state index contributed by atoms with van der Waals surface area (Å²) in [6.07, 6.45) is 5.20. The second-order valence-electron chi connectivity index (χ2n) is 6.16. The first kappa shape index (κ1) is 12.0. The summed E-state index contributed by atoms with van der Waals surface area (Å²) < 4.78 is 2.02. The second-order valence-corrected chi connectivity index (χ2v) is 6.16. The lowest BCUT2D eigenvalue weighted by atomic mass is 10.00. The Morgan fingerprint density at radius 1 is 1.30 bits per heavy atom. The summed E-state index contributed by atoms with van der Waals surface area (Å²) >= 11 is 0. The largest absolute Gasteiger partial charge is 0.348 e. The van der Waals surface area contributed by atoms with E-state index in [2.05, 4.69) is 29.4 Å². The maximum Gasteiger partial charge on any atom is 0.253 e. The van der Waals surface area contributed by atoms with E-state index in [0.29, 0.717) is 12.0 Å². The first-order valence-electron chi connectivity index (χ1n) is 7.30. The van der Waals surface area contributed by atoms with E-state index in [-0.39, 0.29) is 5.91 Å². The summed E-state index contributed by atoms with van der Waals surface area (Å²) in [6, 6.07) is 6.37. The van der Waals surface area contributed by atoms with Crippen LogP contribution < -0.4 is 5.32 Å². The Labute approximate surface area is 118 Å². The maximum atomic E-state index is 12.4. The van der Waals surface area contributed by atoms with Crippen molar-refractivity contribution in [2.24, 2.45) is 5.92 Å². The minimum Gasteiger partial charge on any atom is -0.348 e. The Kier molecular flexibility index (Phi) is 2.60. The fraction of sp³-hybridized carbons (Fsp3) is 0.438. The van der Waals surface area contributed by atoms with E-state index in [1.165, 1.54) is 18.5 Å². The number of aryl methyl sites for hydroxylation is 1. The maximum absolute atomic E-state index is 12.4. The van der Waals surface area contributed by atoms with E-state index in [1.807, 2.05) is 22.7 Å². The average molecular weight is 269 g/mol. The van der Waals surface area contributed by atoms with E-state index in [4.69, 9.17) is 0 Å². The Bertz CT molecular complexity index is 675. The number of amides is 1. The van der Waals surface area contributed by atoms with Crippen molar-refractivity contribution >= 4 is 11.4 Å². The second kappa shape index (κ2) is 4.35. The van der Waals surface area contributed by atoms with Crippen molar-refractivity contribution in [2.45, 2.75) is 19.4 Å². The molecule has 2 aliphatic heterocycles. The van der Waals surface area contributed by atoms with Crippen LogP contribution in [-0.4, -0.2) is 40.9 Å². The standard InChI is InChI=1S/C16H19N3O/c1-11-6-14-3-2-13(9-19(14)7-11)16(20)17-15-10-18-5-4-12(15)8-18/h2-3,6-7,9,12,15H,4-5,8,10H2,1H3,(H,17,20). The normalized spacial score (nSPS) is 28.1. The number of hydrogen-bond acceptors (Lipinski definition) is 2. The van der Waals surface area contributed by atoms with Crippen LogP contribution >= 0.6 is 0 Å². The van der Waals surface area contributed by atoms with Crippen LogP contribution in [0, 0.1) is 12.8 Å². The van der Waals surface area contributed by atoms with E-state index in [0.717, 1.165) is 24.2 Å². The Hall–Kier alpha value is -1.81. The molecule has 0 aliphatic carbocycles. The zero-order chi connectivity index (χ0) is 13.7. The number of carbonyl (C=O) groups excluding carboxylic acids is 1. The third-order valence-corrected chi connectivity index (χ3v) is 4.64. The third-order valence-electron chi connectivity index (χ3n) is 4.64. The van der Waals surface area contributed by atoms with Crippen molar-refractivity contribution in [3.8, 4) is 0 Å². The van der Waals surface area contributed by atoms with Crippen LogP contribution in [-0.2, 0) is 0 Å². The van der Waals surface area contributed by atoms with Crippen molar-refractivity contribution in [1.29, 1.82) is 0 Å². The van der Waals surface area contributed by atoms with Gasteiger partial charge in [0.25, 0.3) is 5.91 Å². The molecule has 2 aromatic rings. The Morgan fingerprint density at radius 2 is 2.20 bits per heavy atom. The van der Waals surface area contributed by atoms with Gasteiger partial charge in [0.05, 0.1) is 5.56 Å². The number of carbonyl (C=O) groups is 1. The van der Waals surface area contributed by atoms with Crippen LogP contribution in [0.25, 0.3) is 5.52 Å². The molecule has 0 spiro atoms. The van der Waals surface area contributed by atoms with Crippen LogP contribution in [0.15, 0.2) is 30.6 Å². The first-order valence-corrected chi connectivity index (χ1v) is 7.30. The van der Waals surface area contributed by atoms with E-state index in [1.54, 1.807) is 0 Å². The molecule has 2 aliphatic rings. The number of pyridine rings is 1. The molecule has 20 heavy (non-hydrogen) atoms. The number of piperidine rings is 1. The van der Waals surface area contributed by atoms with Crippen molar-refractivity contribution in [1.82, 2.24) is 14.6 Å². The van der Waals surface area contributed by atoms with Crippen LogP contribution in [0.4, 0.5) is 0 Å². The Morgan fingerprint density at radius 3 is 2.95 bits per heavy atom. The van der Waals surface area contributed by atoms with Crippen LogP contribution in [0.2, 0.25) is 0 Å². The zero-order valence-corrected chi connectivity index (χ0v) is 11.7. The summed E-state index contributed by atoms with van der Waals surface area (Å²) in [4.78, 5) is 14.8. The molecule has 2 bridgehead atoms. The fourth-order valence-electron chi connectivity index (χ4n) is 3.59. The lowest BCUT2D eigenvalue weighted by molar-refractivity contribution is 0.0924. The van der Waals surface area contributed by atoms with Gasteiger partial charge in [-0.2, -0.15) is 0 Å². The van der Waals surface area contributed by atoms with Gasteiger partial charge in [0.15, 0.2) is 0 Å². The zero-order valence-electron chi connectivity index (χ0n) is 11.7. The highest BCUT2D eigenvalue weighted by Crippen LogP contribution is 2.27. The first-order chi connectivity index (χ1) is 9.69. The summed E-state index contributed by atoms with van der Waals surface area (Å²) in [5.74, 6) is 0.702. The molecule has 0 saturated carbocycles. The fourth-order valence-corrected chi connectivity index (χ4v) is 3.59. The smallest absolute Gasteiger partial charge is 0.253 e. The van der Waals surface area contributed by atoms with Gasteiger partial charge in [-0.15, -0.1) is 0 Å². The molecule has 0 radical (unpaired) electrons. The van der Waals surface area contributed by atoms with Crippen LogP contribution in [0.5, 0.6) is 0 Å². The average Bonchev–Trinajstić information content (AvgIpc) is 3.10. The minimum atomic E-state index is 0.0528. The monoisotopic (exact) mass is 269 g/mol. The molecule has 2 saturated heterocycles. The summed E-state index contributed by atoms with van der Waals surface area (Å²) in [5.41, 5.74) is 3.08. The molecule has 1 N–H and O–H groups in total. The predicted octanol–water partition coefficient (Wildman–Crippen LogP) is 1.68. The van der Waals surface area contributed by atoms with E-state index < -0.39 is 0 Å². The Balaban J connectivity index is 1.54. The summed E-state index contributed by atoms with van der Waals surface area (Å²) in [6.45, 7) is 5.43. The molecule has 2 fully saturated rings. The lowest BCUT2D eigenvalue weighted by Gasteiger charge is -2.23. The highest BCUT2D eigenvalue weighted by molar-refractivity contribution is 5.94. The van der Waals surface area contributed by atoms with Gasteiger partial charge in [-0.1, -0.05) is 0 Å². The highest BCUT2D eigenvalue weighted by atomic mass is 16.1. The minimum absolute atomic E-state index is 0.0528. The summed E-state index contributed by atoms with van der Waals surface area (Å²) in [7, 11) is 0. The van der Waals surface area contributed by atoms with Crippen molar-refractivity contribution in [3.05, 3.63) is 41.7 Å². The van der Waals surface area contributed by atoms with Gasteiger partial charge in [-0.25, -0.2) is 0 Å². The summed E-state index contributed by atoms with van der Waals surface area (Å²) in [5, 5.41) is 3.20. The van der Waals surface area contributed by atoms with Gasteiger partial charge in [0, 0.05) is 37.0 Å². The lowest BCUT2D eigenvalue weighted by Crippen LogP contribution is -2.43. The van der Waals surface area contributed by atoms with Crippen LogP contribution in [0.3, 0.4) is 0 Å². The molecule has 104 valence electrons. The molecule has 3 atom stereocenters. The third kappa shape index (κ3) is 1.91. The van der Waals surface area contributed by atoms with Gasteiger partial charge in [0.1, 0.15) is 0 Å². The molecule has 1 amide bonds. The van der Waals surface area contributed by atoms with Gasteiger partial charge >= 0.3 is 0 Å². The molecular weight excluding hydrogens is 250 g/mol. The van der Waals surface area contributed by atoms with Gasteiger partial charge in [0.2, 0.25) is 0 Å². The number of nitrogens with one attached hydrogen (secondary N) is 1.